The van der Waals surface area contributed by atoms with E-state index >= 15 is 0 Å². The van der Waals surface area contributed by atoms with Crippen LogP contribution in [0.4, 0.5) is 13.2 Å². The maximum Gasteiger partial charge on any atom is 0.573 e. The van der Waals surface area contributed by atoms with Crippen molar-refractivity contribution in [2.75, 3.05) is 0 Å². The number of benzene rings is 1. The van der Waals surface area contributed by atoms with Crippen LogP contribution in [0.3, 0.4) is 0 Å². The van der Waals surface area contributed by atoms with Crippen molar-refractivity contribution in [3.8, 4) is 5.75 Å². The molecule has 0 bridgehead atoms. The van der Waals surface area contributed by atoms with Gasteiger partial charge in [-0.3, -0.25) is 0 Å². The smallest absolute Gasteiger partial charge is 0.405 e. The van der Waals surface area contributed by atoms with E-state index in [4.69, 9.17) is 0 Å². The van der Waals surface area contributed by atoms with E-state index in [1.165, 1.54) is 6.07 Å². The molecule has 0 spiro atoms. The second-order valence-corrected chi connectivity index (χ2v) is 4.60. The maximum absolute atomic E-state index is 11.9. The monoisotopic (exact) mass is 380 g/mol. The Labute approximate surface area is 101 Å². The van der Waals surface area contributed by atoms with Crippen molar-refractivity contribution in [1.29, 1.82) is 0 Å². The molecule has 0 aliphatic rings. The molecule has 0 aromatic heterocycles. The molecular weight excluding hydrogens is 376 g/mol. The van der Waals surface area contributed by atoms with Gasteiger partial charge >= 0.3 is 6.36 Å². The SMILES string of the molecule is Cc1cc(Br)c(OC(F)(F)F)cc1I. The molecule has 1 rings (SSSR count). The van der Waals surface area contributed by atoms with Gasteiger partial charge in [0.1, 0.15) is 5.75 Å². The van der Waals surface area contributed by atoms with Gasteiger partial charge in [0.2, 0.25) is 0 Å². The minimum absolute atomic E-state index is 0.215. The highest BCUT2D eigenvalue weighted by Gasteiger charge is 2.32. The van der Waals surface area contributed by atoms with Gasteiger partial charge < -0.3 is 4.74 Å². The minimum atomic E-state index is -4.65. The van der Waals surface area contributed by atoms with Crippen LogP contribution in [0.15, 0.2) is 16.6 Å². The average molecular weight is 381 g/mol. The predicted molar refractivity (Wildman–Crippen MR) is 58.3 cm³/mol. The van der Waals surface area contributed by atoms with E-state index in [1.54, 1.807) is 6.07 Å². The quantitative estimate of drug-likeness (QED) is 0.661. The molecular formula is C8H5BrF3IO. The van der Waals surface area contributed by atoms with Crippen LogP contribution in [0.5, 0.6) is 5.75 Å². The first-order valence-electron chi connectivity index (χ1n) is 3.51. The summed E-state index contributed by atoms with van der Waals surface area (Å²) in [5.41, 5.74) is 0.895. The Morgan fingerprint density at radius 3 is 2.43 bits per heavy atom. The first-order valence-corrected chi connectivity index (χ1v) is 5.38. The first-order chi connectivity index (χ1) is 6.29. The topological polar surface area (TPSA) is 9.23 Å². The second kappa shape index (κ2) is 4.26. The van der Waals surface area contributed by atoms with Crippen molar-refractivity contribution in [3.63, 3.8) is 0 Å². The van der Waals surface area contributed by atoms with Gasteiger partial charge in [-0.1, -0.05) is 0 Å². The van der Waals surface area contributed by atoms with Crippen LogP contribution >= 0.6 is 38.5 Å². The lowest BCUT2D eigenvalue weighted by Gasteiger charge is -2.11. The fourth-order valence-electron chi connectivity index (χ4n) is 0.831. The third-order valence-electron chi connectivity index (χ3n) is 1.44. The number of alkyl halides is 3. The van der Waals surface area contributed by atoms with Crippen molar-refractivity contribution >= 4 is 38.5 Å². The summed E-state index contributed by atoms with van der Waals surface area (Å²) in [6.45, 7) is 1.81. The van der Waals surface area contributed by atoms with Crippen molar-refractivity contribution in [3.05, 3.63) is 25.7 Å². The van der Waals surface area contributed by atoms with Gasteiger partial charge in [-0.15, -0.1) is 13.2 Å². The molecule has 14 heavy (non-hydrogen) atoms. The van der Waals surface area contributed by atoms with Gasteiger partial charge in [0.25, 0.3) is 0 Å². The lowest BCUT2D eigenvalue weighted by atomic mass is 10.2. The number of hydrogen-bond donors (Lipinski definition) is 0. The Balaban J connectivity index is 3.04. The van der Waals surface area contributed by atoms with Crippen LogP contribution in [0.1, 0.15) is 5.56 Å². The standard InChI is InChI=1S/C8H5BrF3IO/c1-4-2-5(9)7(3-6(4)13)14-8(10,11)12/h2-3H,1H3. The Morgan fingerprint density at radius 2 is 1.93 bits per heavy atom. The fourth-order valence-corrected chi connectivity index (χ4v) is 1.81. The molecule has 1 aromatic carbocycles. The third kappa shape index (κ3) is 3.30. The number of ether oxygens (including phenoxy) is 1. The van der Waals surface area contributed by atoms with Crippen molar-refractivity contribution in [1.82, 2.24) is 0 Å². The van der Waals surface area contributed by atoms with Gasteiger partial charge in [0.05, 0.1) is 4.47 Å². The molecule has 78 valence electrons. The zero-order valence-electron chi connectivity index (χ0n) is 6.95. The molecule has 0 amide bonds. The van der Waals surface area contributed by atoms with E-state index in [0.29, 0.717) is 4.47 Å². The molecule has 0 aliphatic heterocycles. The van der Waals surface area contributed by atoms with Crippen LogP contribution in [0.2, 0.25) is 0 Å². The number of hydrogen-bond acceptors (Lipinski definition) is 1. The number of rotatable bonds is 1. The third-order valence-corrected chi connectivity index (χ3v) is 3.22. The van der Waals surface area contributed by atoms with Crippen molar-refractivity contribution in [2.24, 2.45) is 0 Å². The Kier molecular flexibility index (Phi) is 3.68. The molecule has 1 nitrogen and oxygen atoms in total. The largest absolute Gasteiger partial charge is 0.573 e. The van der Waals surface area contributed by atoms with Crippen LogP contribution < -0.4 is 4.74 Å². The summed E-state index contributed by atoms with van der Waals surface area (Å²) in [6, 6.07) is 2.93. The summed E-state index contributed by atoms with van der Waals surface area (Å²) in [4.78, 5) is 0. The highest BCUT2D eigenvalue weighted by atomic mass is 127. The molecule has 0 N–H and O–H groups in total. The highest BCUT2D eigenvalue weighted by molar-refractivity contribution is 14.1. The van der Waals surface area contributed by atoms with E-state index in [9.17, 15) is 13.2 Å². The van der Waals surface area contributed by atoms with E-state index in [2.05, 4.69) is 20.7 Å². The second-order valence-electron chi connectivity index (χ2n) is 2.58. The summed E-state index contributed by atoms with van der Waals surface area (Å²) < 4.78 is 40.6. The molecule has 0 radical (unpaired) electrons. The zero-order chi connectivity index (χ0) is 10.9. The Morgan fingerprint density at radius 1 is 1.36 bits per heavy atom. The van der Waals surface area contributed by atoms with Crippen molar-refractivity contribution in [2.45, 2.75) is 13.3 Å². The predicted octanol–water partition coefficient (Wildman–Crippen LogP) is 4.26. The minimum Gasteiger partial charge on any atom is -0.405 e. The van der Waals surface area contributed by atoms with Gasteiger partial charge in [-0.25, -0.2) is 0 Å². The van der Waals surface area contributed by atoms with Gasteiger partial charge in [-0.05, 0) is 63.1 Å². The van der Waals surface area contributed by atoms with Crippen LogP contribution in [0.25, 0.3) is 0 Å². The summed E-state index contributed by atoms with van der Waals surface area (Å²) in [5, 5.41) is 0. The highest BCUT2D eigenvalue weighted by Crippen LogP contribution is 2.33. The lowest BCUT2D eigenvalue weighted by molar-refractivity contribution is -0.274. The lowest BCUT2D eigenvalue weighted by Crippen LogP contribution is -2.17. The summed E-state index contributed by atoms with van der Waals surface area (Å²) >= 11 is 4.96. The maximum atomic E-state index is 11.9. The number of halogens is 5. The Bertz CT molecular complexity index is 351. The molecule has 0 heterocycles. The van der Waals surface area contributed by atoms with Gasteiger partial charge in [-0.2, -0.15) is 0 Å². The normalized spacial score (nSPS) is 11.6. The summed E-state index contributed by atoms with van der Waals surface area (Å²) in [7, 11) is 0. The molecule has 6 heteroatoms. The van der Waals surface area contributed by atoms with E-state index < -0.39 is 6.36 Å². The van der Waals surface area contributed by atoms with Gasteiger partial charge in [0.15, 0.2) is 0 Å². The molecule has 0 unspecified atom stereocenters. The van der Waals surface area contributed by atoms with E-state index in [-0.39, 0.29) is 5.75 Å². The summed E-state index contributed by atoms with van der Waals surface area (Å²) in [6.07, 6.45) is -4.65. The number of aryl methyl sites for hydroxylation is 1. The Hall–Kier alpha value is 0.0200. The van der Waals surface area contributed by atoms with Crippen molar-refractivity contribution < 1.29 is 17.9 Å². The molecule has 0 saturated heterocycles. The summed E-state index contributed by atoms with van der Waals surface area (Å²) in [5.74, 6) is -0.215. The molecule has 0 aliphatic carbocycles. The van der Waals surface area contributed by atoms with E-state index in [1.807, 2.05) is 29.5 Å². The van der Waals surface area contributed by atoms with E-state index in [0.717, 1.165) is 9.13 Å². The van der Waals surface area contributed by atoms with Crippen LogP contribution in [-0.4, -0.2) is 6.36 Å². The molecule has 0 fully saturated rings. The molecule has 0 saturated carbocycles. The first kappa shape index (κ1) is 12.1. The van der Waals surface area contributed by atoms with Crippen LogP contribution in [0, 0.1) is 10.5 Å². The fraction of sp³-hybridized carbons (Fsp3) is 0.250. The average Bonchev–Trinajstić information content (AvgIpc) is 1.97. The van der Waals surface area contributed by atoms with Crippen LogP contribution in [-0.2, 0) is 0 Å². The van der Waals surface area contributed by atoms with Gasteiger partial charge in [0, 0.05) is 3.57 Å². The molecule has 1 aromatic rings. The molecule has 0 atom stereocenters. The zero-order valence-corrected chi connectivity index (χ0v) is 10.7.